The van der Waals surface area contributed by atoms with Crippen LogP contribution < -0.4 is 0 Å². The summed E-state index contributed by atoms with van der Waals surface area (Å²) < 4.78 is 15.2. The molecule has 2 heteroatoms. The van der Waals surface area contributed by atoms with Crippen molar-refractivity contribution in [3.05, 3.63) is 66.1 Å². The third kappa shape index (κ3) is 2.34. The van der Waals surface area contributed by atoms with Crippen LogP contribution >= 0.6 is 0 Å². The van der Waals surface area contributed by atoms with E-state index in [1.54, 1.807) is 0 Å². The van der Waals surface area contributed by atoms with Crippen LogP contribution in [0.3, 0.4) is 0 Å². The molecule has 0 spiro atoms. The lowest BCUT2D eigenvalue weighted by atomic mass is 10.1. The first-order valence-corrected chi connectivity index (χ1v) is 7.14. The first kappa shape index (κ1) is 12.9. The average molecular weight is 267 g/mol. The van der Waals surface area contributed by atoms with E-state index in [1.165, 1.54) is 41.4 Å². The molecule has 3 aromatic rings. The van der Waals surface area contributed by atoms with Crippen molar-refractivity contribution in [2.45, 2.75) is 26.2 Å². The molecule has 20 heavy (non-hydrogen) atoms. The molecule has 0 fully saturated rings. The van der Waals surface area contributed by atoms with E-state index in [1.807, 2.05) is 18.2 Å². The summed E-state index contributed by atoms with van der Waals surface area (Å²) in [5.74, 6) is -0.198. The highest BCUT2D eigenvalue weighted by Gasteiger charge is 2.09. The molecule has 0 aliphatic carbocycles. The number of hydrogen-bond acceptors (Lipinski definition) is 0. The van der Waals surface area contributed by atoms with E-state index in [4.69, 9.17) is 0 Å². The topological polar surface area (TPSA) is 4.93 Å². The standard InChI is InChI=1S/C18H18FN/c1-2-3-6-14-13-20(16-11-9-15(19)10-12-16)18-8-5-4-7-17(14)18/h4-5,7-13H,2-3,6H2,1H3. The summed E-state index contributed by atoms with van der Waals surface area (Å²) in [7, 11) is 0. The average Bonchev–Trinajstić information content (AvgIpc) is 2.85. The van der Waals surface area contributed by atoms with Crippen LogP contribution in [-0.4, -0.2) is 4.57 Å². The van der Waals surface area contributed by atoms with E-state index in [0.29, 0.717) is 0 Å². The molecule has 0 radical (unpaired) electrons. The number of aryl methyl sites for hydroxylation is 1. The van der Waals surface area contributed by atoms with Gasteiger partial charge in [-0.3, -0.25) is 0 Å². The Morgan fingerprint density at radius 3 is 2.50 bits per heavy atom. The fraction of sp³-hybridized carbons (Fsp3) is 0.222. The number of benzene rings is 2. The van der Waals surface area contributed by atoms with Gasteiger partial charge >= 0.3 is 0 Å². The van der Waals surface area contributed by atoms with Gasteiger partial charge in [-0.25, -0.2) is 4.39 Å². The molecule has 0 saturated heterocycles. The van der Waals surface area contributed by atoms with E-state index in [9.17, 15) is 4.39 Å². The van der Waals surface area contributed by atoms with Gasteiger partial charge in [-0.15, -0.1) is 0 Å². The zero-order valence-electron chi connectivity index (χ0n) is 11.6. The summed E-state index contributed by atoms with van der Waals surface area (Å²) in [4.78, 5) is 0. The van der Waals surface area contributed by atoms with Crippen molar-refractivity contribution in [2.75, 3.05) is 0 Å². The molecule has 2 aromatic carbocycles. The quantitative estimate of drug-likeness (QED) is 0.619. The minimum absolute atomic E-state index is 0.198. The molecule has 0 saturated carbocycles. The number of halogens is 1. The molecule has 3 rings (SSSR count). The normalized spacial score (nSPS) is 11.1. The first-order chi connectivity index (χ1) is 9.79. The van der Waals surface area contributed by atoms with E-state index < -0.39 is 0 Å². The second kappa shape index (κ2) is 5.49. The molecule has 0 atom stereocenters. The van der Waals surface area contributed by atoms with Crippen LogP contribution in [0.2, 0.25) is 0 Å². The minimum Gasteiger partial charge on any atom is -0.316 e. The van der Waals surface area contributed by atoms with Crippen molar-refractivity contribution in [1.29, 1.82) is 0 Å². The van der Waals surface area contributed by atoms with E-state index in [0.717, 1.165) is 12.1 Å². The van der Waals surface area contributed by atoms with Gasteiger partial charge < -0.3 is 4.57 Å². The molecular formula is C18H18FN. The number of hydrogen-bond donors (Lipinski definition) is 0. The Balaban J connectivity index is 2.13. The highest BCUT2D eigenvalue weighted by Crippen LogP contribution is 2.26. The Hall–Kier alpha value is -2.09. The lowest BCUT2D eigenvalue weighted by Crippen LogP contribution is -1.91. The van der Waals surface area contributed by atoms with Gasteiger partial charge in [0.25, 0.3) is 0 Å². The monoisotopic (exact) mass is 267 g/mol. The molecule has 1 nitrogen and oxygen atoms in total. The molecule has 0 aliphatic rings. The Morgan fingerprint density at radius 1 is 1.00 bits per heavy atom. The zero-order valence-corrected chi connectivity index (χ0v) is 11.6. The number of unbranched alkanes of at least 4 members (excludes halogenated alkanes) is 1. The van der Waals surface area contributed by atoms with Gasteiger partial charge in [0.1, 0.15) is 5.82 Å². The van der Waals surface area contributed by atoms with Gasteiger partial charge in [-0.1, -0.05) is 31.5 Å². The Kier molecular flexibility index (Phi) is 3.55. The minimum atomic E-state index is -0.198. The number of fused-ring (bicyclic) bond motifs is 1. The molecule has 102 valence electrons. The van der Waals surface area contributed by atoms with Crippen LogP contribution in [0.25, 0.3) is 16.6 Å². The van der Waals surface area contributed by atoms with Gasteiger partial charge in [0.2, 0.25) is 0 Å². The maximum Gasteiger partial charge on any atom is 0.123 e. The summed E-state index contributed by atoms with van der Waals surface area (Å²) in [6, 6.07) is 15.1. The van der Waals surface area contributed by atoms with Crippen LogP contribution in [0.15, 0.2) is 54.7 Å². The molecular weight excluding hydrogens is 249 g/mol. The van der Waals surface area contributed by atoms with Crippen LogP contribution in [0.1, 0.15) is 25.3 Å². The van der Waals surface area contributed by atoms with Crippen molar-refractivity contribution in [3.63, 3.8) is 0 Å². The molecule has 0 bridgehead atoms. The number of para-hydroxylation sites is 1. The fourth-order valence-corrected chi connectivity index (χ4v) is 2.63. The van der Waals surface area contributed by atoms with Gasteiger partial charge in [-0.05, 0) is 48.7 Å². The second-order valence-electron chi connectivity index (χ2n) is 5.12. The van der Waals surface area contributed by atoms with Gasteiger partial charge in [-0.2, -0.15) is 0 Å². The molecule has 1 aromatic heterocycles. The van der Waals surface area contributed by atoms with Crippen molar-refractivity contribution in [1.82, 2.24) is 4.57 Å². The van der Waals surface area contributed by atoms with Crippen molar-refractivity contribution < 1.29 is 4.39 Å². The largest absolute Gasteiger partial charge is 0.316 e. The Bertz CT molecular complexity index is 710. The van der Waals surface area contributed by atoms with Crippen LogP contribution in [-0.2, 0) is 6.42 Å². The highest BCUT2D eigenvalue weighted by atomic mass is 19.1. The third-order valence-electron chi connectivity index (χ3n) is 3.70. The number of aromatic nitrogens is 1. The van der Waals surface area contributed by atoms with Crippen molar-refractivity contribution >= 4 is 10.9 Å². The summed E-state index contributed by atoms with van der Waals surface area (Å²) >= 11 is 0. The second-order valence-corrected chi connectivity index (χ2v) is 5.12. The van der Waals surface area contributed by atoms with E-state index in [-0.39, 0.29) is 5.82 Å². The van der Waals surface area contributed by atoms with E-state index in [2.05, 4.69) is 35.9 Å². The summed E-state index contributed by atoms with van der Waals surface area (Å²) in [5.41, 5.74) is 3.56. The summed E-state index contributed by atoms with van der Waals surface area (Å²) in [6.07, 6.45) is 5.66. The fourth-order valence-electron chi connectivity index (χ4n) is 2.63. The number of rotatable bonds is 4. The molecule has 1 heterocycles. The van der Waals surface area contributed by atoms with Crippen molar-refractivity contribution in [2.24, 2.45) is 0 Å². The van der Waals surface area contributed by atoms with Crippen LogP contribution in [0.5, 0.6) is 0 Å². The summed E-state index contributed by atoms with van der Waals surface area (Å²) in [5, 5.41) is 1.30. The first-order valence-electron chi connectivity index (χ1n) is 7.14. The molecule has 0 amide bonds. The lowest BCUT2D eigenvalue weighted by molar-refractivity contribution is 0.627. The molecule has 0 aliphatic heterocycles. The molecule has 0 unspecified atom stereocenters. The lowest BCUT2D eigenvalue weighted by Gasteiger charge is -2.04. The third-order valence-corrected chi connectivity index (χ3v) is 3.70. The molecule has 0 N–H and O–H groups in total. The number of nitrogens with zero attached hydrogens (tertiary/aromatic N) is 1. The van der Waals surface area contributed by atoms with Gasteiger partial charge in [0, 0.05) is 17.3 Å². The maximum atomic E-state index is 13.1. The highest BCUT2D eigenvalue weighted by molar-refractivity contribution is 5.85. The maximum absolute atomic E-state index is 13.1. The van der Waals surface area contributed by atoms with Crippen LogP contribution in [0.4, 0.5) is 4.39 Å². The van der Waals surface area contributed by atoms with Crippen LogP contribution in [0, 0.1) is 5.82 Å². The Labute approximate surface area is 118 Å². The van der Waals surface area contributed by atoms with Crippen molar-refractivity contribution in [3.8, 4) is 5.69 Å². The predicted octanol–water partition coefficient (Wildman–Crippen LogP) is 5.11. The zero-order chi connectivity index (χ0) is 13.9. The van der Waals surface area contributed by atoms with Gasteiger partial charge in [0.15, 0.2) is 0 Å². The van der Waals surface area contributed by atoms with Gasteiger partial charge in [0.05, 0.1) is 5.52 Å². The SMILES string of the molecule is CCCCc1cn(-c2ccc(F)cc2)c2ccccc12. The van der Waals surface area contributed by atoms with E-state index >= 15 is 0 Å². The Morgan fingerprint density at radius 2 is 1.75 bits per heavy atom. The smallest absolute Gasteiger partial charge is 0.123 e. The predicted molar refractivity (Wildman–Crippen MR) is 81.8 cm³/mol. The summed E-state index contributed by atoms with van der Waals surface area (Å²) in [6.45, 7) is 2.21.